The Morgan fingerprint density at radius 2 is 1.56 bits per heavy atom. The number of benzene rings is 3. The maximum atomic E-state index is 13.6. The lowest BCUT2D eigenvalue weighted by atomic mass is 9.96. The van der Waals surface area contributed by atoms with Crippen LogP contribution in [0.4, 0.5) is 0 Å². The van der Waals surface area contributed by atoms with Crippen molar-refractivity contribution in [3.05, 3.63) is 107 Å². The molecule has 1 aromatic heterocycles. The first-order chi connectivity index (χ1) is 15.8. The highest BCUT2D eigenvalue weighted by Crippen LogP contribution is 2.25. The number of aromatic nitrogens is 1. The van der Waals surface area contributed by atoms with Gasteiger partial charge in [0.05, 0.1) is 6.04 Å². The summed E-state index contributed by atoms with van der Waals surface area (Å²) in [6, 6.07) is 26.3. The number of carbonyl (C=O) groups is 1. The van der Waals surface area contributed by atoms with Crippen molar-refractivity contribution in [1.82, 2.24) is 15.2 Å². The fourth-order valence-corrected chi connectivity index (χ4v) is 4.62. The molecule has 4 nitrogen and oxygen atoms in total. The van der Waals surface area contributed by atoms with Gasteiger partial charge in [-0.25, -0.2) is 0 Å². The maximum Gasteiger partial charge on any atom is 0.186 e. The van der Waals surface area contributed by atoms with Crippen LogP contribution in [0.1, 0.15) is 45.9 Å². The number of hydrogen-bond acceptors (Lipinski definition) is 3. The number of rotatable bonds is 8. The van der Waals surface area contributed by atoms with Crippen LogP contribution in [0, 0.1) is 0 Å². The third-order valence-corrected chi connectivity index (χ3v) is 6.39. The zero-order valence-electron chi connectivity index (χ0n) is 18.3. The largest absolute Gasteiger partial charge is 0.360 e. The summed E-state index contributed by atoms with van der Waals surface area (Å²) in [4.78, 5) is 19.3. The molecule has 1 atom stereocenters. The Hall–Kier alpha value is -3.21. The molecule has 4 heteroatoms. The summed E-state index contributed by atoms with van der Waals surface area (Å²) in [5.74, 6) is 0.0827. The van der Waals surface area contributed by atoms with Gasteiger partial charge in [0, 0.05) is 35.8 Å². The number of carbonyl (C=O) groups excluding carboxylic acids is 1. The topological polar surface area (TPSA) is 48.1 Å². The summed E-state index contributed by atoms with van der Waals surface area (Å²) in [5, 5.41) is 4.49. The highest BCUT2D eigenvalue weighted by Gasteiger charge is 2.24. The first kappa shape index (κ1) is 20.7. The van der Waals surface area contributed by atoms with Crippen molar-refractivity contribution >= 4 is 16.7 Å². The maximum absolute atomic E-state index is 13.6. The van der Waals surface area contributed by atoms with Gasteiger partial charge < -0.3 is 4.98 Å². The third kappa shape index (κ3) is 4.52. The zero-order chi connectivity index (χ0) is 21.8. The first-order valence-corrected chi connectivity index (χ1v) is 11.5. The van der Waals surface area contributed by atoms with Crippen LogP contribution in [0.5, 0.6) is 0 Å². The number of fused-ring (bicyclic) bond motifs is 1. The van der Waals surface area contributed by atoms with Crippen molar-refractivity contribution in [1.29, 1.82) is 0 Å². The highest BCUT2D eigenvalue weighted by molar-refractivity contribution is 6.10. The number of ketones is 1. The molecule has 1 saturated heterocycles. The van der Waals surface area contributed by atoms with Crippen LogP contribution >= 0.6 is 0 Å². The Kier molecular flexibility index (Phi) is 6.15. The van der Waals surface area contributed by atoms with Gasteiger partial charge in [0.2, 0.25) is 0 Å². The second-order valence-corrected chi connectivity index (χ2v) is 8.64. The predicted molar refractivity (Wildman–Crippen MR) is 130 cm³/mol. The quantitative estimate of drug-likeness (QED) is 0.369. The van der Waals surface area contributed by atoms with Gasteiger partial charge in [-0.2, -0.15) is 0 Å². The number of nitrogens with one attached hydrogen (secondary N) is 2. The van der Waals surface area contributed by atoms with Crippen LogP contribution < -0.4 is 5.32 Å². The van der Waals surface area contributed by atoms with E-state index in [0.29, 0.717) is 6.54 Å². The van der Waals surface area contributed by atoms with Gasteiger partial charge in [-0.15, -0.1) is 0 Å². The molecule has 5 rings (SSSR count). The van der Waals surface area contributed by atoms with Gasteiger partial charge in [0.25, 0.3) is 0 Å². The molecule has 162 valence electrons. The van der Waals surface area contributed by atoms with Gasteiger partial charge >= 0.3 is 0 Å². The second-order valence-electron chi connectivity index (χ2n) is 8.64. The highest BCUT2D eigenvalue weighted by atomic mass is 16.1. The molecule has 0 bridgehead atoms. The van der Waals surface area contributed by atoms with E-state index in [4.69, 9.17) is 0 Å². The minimum absolute atomic E-state index is 0.0827. The summed E-state index contributed by atoms with van der Waals surface area (Å²) >= 11 is 0. The third-order valence-electron chi connectivity index (χ3n) is 6.39. The minimum atomic E-state index is -0.403. The number of nitrogens with zero attached hydrogens (tertiary/aromatic N) is 1. The fourth-order valence-electron chi connectivity index (χ4n) is 4.62. The summed E-state index contributed by atoms with van der Waals surface area (Å²) in [6.07, 6.45) is 4.46. The standard InChI is InChI=1S/C28H29N3O/c32-28(25-19-29-26-11-5-4-10-24(25)26)27(23-8-2-1-3-9-23)30-18-21-12-14-22(15-13-21)20-31-16-6-7-17-31/h1-5,8-15,19,27,29-30H,6-7,16-18,20H2/t27-/m1/s1. The van der Waals surface area contributed by atoms with Crippen molar-refractivity contribution in [2.24, 2.45) is 0 Å². The van der Waals surface area contributed by atoms with E-state index in [-0.39, 0.29) is 5.78 Å². The lowest BCUT2D eigenvalue weighted by Gasteiger charge is -2.19. The Balaban J connectivity index is 1.33. The Morgan fingerprint density at radius 3 is 2.34 bits per heavy atom. The number of aromatic amines is 1. The van der Waals surface area contributed by atoms with Crippen molar-refractivity contribution in [3.8, 4) is 0 Å². The molecule has 32 heavy (non-hydrogen) atoms. The Morgan fingerprint density at radius 1 is 0.875 bits per heavy atom. The van der Waals surface area contributed by atoms with Crippen molar-refractivity contribution in [2.75, 3.05) is 13.1 Å². The van der Waals surface area contributed by atoms with Crippen LogP contribution in [0.3, 0.4) is 0 Å². The molecule has 1 aliphatic heterocycles. The Bertz CT molecular complexity index is 1170. The molecule has 0 radical (unpaired) electrons. The zero-order valence-corrected chi connectivity index (χ0v) is 18.3. The summed E-state index contributed by atoms with van der Waals surface area (Å²) in [5.41, 5.74) is 5.22. The molecule has 4 aromatic rings. The molecule has 2 heterocycles. The molecule has 0 unspecified atom stereocenters. The second kappa shape index (κ2) is 9.51. The number of hydrogen-bond donors (Lipinski definition) is 2. The molecule has 2 N–H and O–H groups in total. The molecule has 0 saturated carbocycles. The average Bonchev–Trinajstić information content (AvgIpc) is 3.51. The van der Waals surface area contributed by atoms with E-state index in [0.717, 1.165) is 28.6 Å². The van der Waals surface area contributed by atoms with Crippen LogP contribution in [0.2, 0.25) is 0 Å². The van der Waals surface area contributed by atoms with Crippen LogP contribution in [-0.4, -0.2) is 28.8 Å². The van der Waals surface area contributed by atoms with E-state index in [9.17, 15) is 4.79 Å². The SMILES string of the molecule is O=C(c1c[nH]c2ccccc12)[C@H](NCc1ccc(CN2CCCC2)cc1)c1ccccc1. The van der Waals surface area contributed by atoms with E-state index >= 15 is 0 Å². The van der Waals surface area contributed by atoms with Crippen LogP contribution in [0.15, 0.2) is 85.1 Å². The van der Waals surface area contributed by atoms with E-state index in [1.165, 1.54) is 37.1 Å². The number of H-pyrrole nitrogens is 1. The molecule has 0 amide bonds. The van der Waals surface area contributed by atoms with Crippen LogP contribution in [-0.2, 0) is 13.1 Å². The molecule has 1 aliphatic rings. The van der Waals surface area contributed by atoms with Gasteiger partial charge in [-0.05, 0) is 48.7 Å². The van der Waals surface area contributed by atoms with Gasteiger partial charge in [-0.1, -0.05) is 72.8 Å². The molecule has 0 aliphatic carbocycles. The summed E-state index contributed by atoms with van der Waals surface area (Å²) in [7, 11) is 0. The predicted octanol–water partition coefficient (Wildman–Crippen LogP) is 5.48. The fraction of sp³-hybridized carbons (Fsp3) is 0.250. The van der Waals surface area contributed by atoms with Gasteiger partial charge in [0.15, 0.2) is 5.78 Å². The van der Waals surface area contributed by atoms with Gasteiger partial charge in [0.1, 0.15) is 0 Å². The van der Waals surface area contributed by atoms with Gasteiger partial charge in [-0.3, -0.25) is 15.0 Å². The monoisotopic (exact) mass is 423 g/mol. The lowest BCUT2D eigenvalue weighted by Crippen LogP contribution is -2.28. The number of likely N-dealkylation sites (tertiary alicyclic amines) is 1. The Labute approximate surface area is 189 Å². The molecule has 0 spiro atoms. The van der Waals surface area contributed by atoms with E-state index in [2.05, 4.69) is 39.5 Å². The van der Waals surface area contributed by atoms with Crippen LogP contribution in [0.25, 0.3) is 10.9 Å². The molecule has 1 fully saturated rings. The van der Waals surface area contributed by atoms with Crippen molar-refractivity contribution in [2.45, 2.75) is 32.0 Å². The van der Waals surface area contributed by atoms with E-state index in [1.807, 2.05) is 60.8 Å². The summed E-state index contributed by atoms with van der Waals surface area (Å²) in [6.45, 7) is 4.08. The van der Waals surface area contributed by atoms with E-state index < -0.39 is 6.04 Å². The number of para-hydroxylation sites is 1. The molecular weight excluding hydrogens is 394 g/mol. The van der Waals surface area contributed by atoms with Crippen molar-refractivity contribution in [3.63, 3.8) is 0 Å². The van der Waals surface area contributed by atoms with E-state index in [1.54, 1.807) is 0 Å². The first-order valence-electron chi connectivity index (χ1n) is 11.5. The molecular formula is C28H29N3O. The minimum Gasteiger partial charge on any atom is -0.360 e. The average molecular weight is 424 g/mol. The van der Waals surface area contributed by atoms with Crippen molar-refractivity contribution < 1.29 is 4.79 Å². The lowest BCUT2D eigenvalue weighted by molar-refractivity contribution is 0.0943. The summed E-state index contributed by atoms with van der Waals surface area (Å²) < 4.78 is 0. The number of Topliss-reactive ketones (excluding diaryl/α,β-unsaturated/α-hetero) is 1. The normalized spacial score (nSPS) is 15.2. The molecule has 3 aromatic carbocycles. The smallest absolute Gasteiger partial charge is 0.186 e.